The summed E-state index contributed by atoms with van der Waals surface area (Å²) in [6, 6.07) is 12.0. The number of hydrogen-bond acceptors (Lipinski definition) is 5. The minimum absolute atomic E-state index is 0.159. The van der Waals surface area contributed by atoms with Crippen LogP contribution in [0.5, 0.6) is 5.75 Å². The number of benzene rings is 2. The van der Waals surface area contributed by atoms with Crippen molar-refractivity contribution >= 4 is 58.2 Å². The molecule has 3 rings (SSSR count). The van der Waals surface area contributed by atoms with E-state index in [1.165, 1.54) is 11.8 Å². The highest BCUT2D eigenvalue weighted by atomic mass is 35.5. The van der Waals surface area contributed by atoms with Crippen LogP contribution in [0.1, 0.15) is 12.7 Å². The van der Waals surface area contributed by atoms with E-state index in [1.807, 2.05) is 11.5 Å². The number of anilines is 1. The van der Waals surface area contributed by atoms with Crippen LogP contribution in [-0.4, -0.2) is 26.4 Å². The Balaban J connectivity index is 1.59. The number of nitrogens with one attached hydrogen (secondary N) is 1. The minimum Gasteiger partial charge on any atom is -0.484 e. The molecule has 10 heteroatoms. The molecule has 152 valence electrons. The molecule has 3 aromatic rings. The summed E-state index contributed by atoms with van der Waals surface area (Å²) in [7, 11) is 0. The van der Waals surface area contributed by atoms with Crippen molar-refractivity contribution in [1.29, 1.82) is 0 Å². The maximum absolute atomic E-state index is 12.2. The number of ether oxygens (including phenoxy) is 1. The summed E-state index contributed by atoms with van der Waals surface area (Å²) in [5.41, 5.74) is 0.647. The van der Waals surface area contributed by atoms with Crippen LogP contribution in [0.3, 0.4) is 0 Å². The monoisotopic (exact) mass is 470 g/mol. The van der Waals surface area contributed by atoms with Crippen molar-refractivity contribution in [2.24, 2.45) is 0 Å². The molecule has 0 bridgehead atoms. The van der Waals surface area contributed by atoms with Crippen molar-refractivity contribution in [3.63, 3.8) is 0 Å². The third-order valence-electron chi connectivity index (χ3n) is 3.80. The van der Waals surface area contributed by atoms with Crippen LogP contribution in [0.15, 0.2) is 47.6 Å². The van der Waals surface area contributed by atoms with E-state index < -0.39 is 0 Å². The molecule has 1 aromatic heterocycles. The highest BCUT2D eigenvalue weighted by Gasteiger charge is 2.14. The van der Waals surface area contributed by atoms with Gasteiger partial charge in [-0.2, -0.15) is 0 Å². The molecule has 0 aliphatic carbocycles. The van der Waals surface area contributed by atoms with Crippen molar-refractivity contribution < 1.29 is 9.53 Å². The Labute approximate surface area is 187 Å². The predicted octanol–water partition coefficient (Wildman–Crippen LogP) is 5.57. The predicted molar refractivity (Wildman–Crippen MR) is 117 cm³/mol. The topological polar surface area (TPSA) is 69.0 Å². The molecule has 6 nitrogen and oxygen atoms in total. The van der Waals surface area contributed by atoms with Gasteiger partial charge in [0.1, 0.15) is 12.4 Å². The van der Waals surface area contributed by atoms with E-state index >= 15 is 0 Å². The van der Waals surface area contributed by atoms with Gasteiger partial charge < -0.3 is 14.6 Å². The van der Waals surface area contributed by atoms with E-state index in [4.69, 9.17) is 39.5 Å². The zero-order valence-electron chi connectivity index (χ0n) is 15.4. The molecule has 1 amide bonds. The Morgan fingerprint density at radius 1 is 1.14 bits per heavy atom. The normalized spacial score (nSPS) is 10.8. The van der Waals surface area contributed by atoms with E-state index in [-0.39, 0.29) is 18.3 Å². The van der Waals surface area contributed by atoms with E-state index in [9.17, 15) is 4.79 Å². The number of thioether (sulfide) groups is 1. The first-order chi connectivity index (χ1) is 14.0. The summed E-state index contributed by atoms with van der Waals surface area (Å²) in [5, 5.41) is 13.3. The second-order valence-corrected chi connectivity index (χ2v) is 8.08. The van der Waals surface area contributed by atoms with E-state index in [1.54, 1.807) is 42.5 Å². The molecule has 0 aliphatic heterocycles. The Morgan fingerprint density at radius 3 is 2.66 bits per heavy atom. The van der Waals surface area contributed by atoms with Crippen LogP contribution in [0.4, 0.5) is 5.69 Å². The lowest BCUT2D eigenvalue weighted by molar-refractivity contribution is -0.113. The van der Waals surface area contributed by atoms with Gasteiger partial charge in [0.15, 0.2) is 11.0 Å². The average molecular weight is 472 g/mol. The second kappa shape index (κ2) is 10.2. The fraction of sp³-hybridized carbons (Fsp3) is 0.211. The molecule has 0 aliphatic rings. The number of halogens is 3. The lowest BCUT2D eigenvalue weighted by Crippen LogP contribution is -2.15. The number of aromatic nitrogens is 3. The maximum atomic E-state index is 12.2. The summed E-state index contributed by atoms with van der Waals surface area (Å²) < 4.78 is 7.62. The highest BCUT2D eigenvalue weighted by Crippen LogP contribution is 2.28. The average Bonchev–Trinajstić information content (AvgIpc) is 3.07. The molecule has 0 spiro atoms. The number of amides is 1. The van der Waals surface area contributed by atoms with Gasteiger partial charge in [-0.3, -0.25) is 4.79 Å². The van der Waals surface area contributed by atoms with Gasteiger partial charge in [0, 0.05) is 22.3 Å². The molecule has 0 saturated heterocycles. The lowest BCUT2D eigenvalue weighted by atomic mass is 10.3. The molecule has 0 unspecified atom stereocenters. The van der Waals surface area contributed by atoms with Crippen LogP contribution in [0, 0.1) is 0 Å². The zero-order valence-corrected chi connectivity index (χ0v) is 18.4. The largest absolute Gasteiger partial charge is 0.484 e. The number of rotatable bonds is 8. The van der Waals surface area contributed by atoms with Gasteiger partial charge in [0.25, 0.3) is 0 Å². The zero-order chi connectivity index (χ0) is 20.8. The van der Waals surface area contributed by atoms with E-state index in [2.05, 4.69) is 15.5 Å². The molecule has 0 saturated carbocycles. The van der Waals surface area contributed by atoms with Gasteiger partial charge in [0.2, 0.25) is 5.91 Å². The molecule has 0 atom stereocenters. The number of carbonyl (C=O) groups is 1. The van der Waals surface area contributed by atoms with Crippen molar-refractivity contribution in [1.82, 2.24) is 14.8 Å². The SMILES string of the molecule is CCn1c(COc2ccc(Cl)cc2Cl)nnc1SCC(=O)Nc1cccc(Cl)c1. The molecule has 2 aromatic carbocycles. The Bertz CT molecular complexity index is 1010. The van der Waals surface area contributed by atoms with Crippen LogP contribution in [0.25, 0.3) is 0 Å². The fourth-order valence-electron chi connectivity index (χ4n) is 2.48. The van der Waals surface area contributed by atoms with Gasteiger partial charge in [0.05, 0.1) is 10.8 Å². The van der Waals surface area contributed by atoms with Crippen LogP contribution in [0.2, 0.25) is 15.1 Å². The third kappa shape index (κ3) is 6.02. The molecule has 1 N–H and O–H groups in total. The molecular formula is C19H17Cl3N4O2S. The first-order valence-electron chi connectivity index (χ1n) is 8.64. The summed E-state index contributed by atoms with van der Waals surface area (Å²) in [6.45, 7) is 2.80. The molecular weight excluding hydrogens is 455 g/mol. The standard InChI is InChI=1S/C19H17Cl3N4O2S/c1-2-26-17(10-28-16-7-6-13(21)9-15(16)22)24-25-19(26)29-11-18(27)23-14-5-3-4-12(20)8-14/h3-9H,2,10-11H2,1H3,(H,23,27). The molecule has 0 fully saturated rings. The van der Waals surface area contributed by atoms with Gasteiger partial charge in [-0.25, -0.2) is 0 Å². The second-order valence-electron chi connectivity index (χ2n) is 5.85. The summed E-state index contributed by atoms with van der Waals surface area (Å²) in [6.07, 6.45) is 0. The summed E-state index contributed by atoms with van der Waals surface area (Å²) in [4.78, 5) is 12.2. The molecule has 0 radical (unpaired) electrons. The first-order valence-corrected chi connectivity index (χ1v) is 10.8. The third-order valence-corrected chi connectivity index (χ3v) is 5.53. The number of carbonyl (C=O) groups excluding carboxylic acids is 1. The highest BCUT2D eigenvalue weighted by molar-refractivity contribution is 7.99. The van der Waals surface area contributed by atoms with Crippen molar-refractivity contribution in [3.05, 3.63) is 63.4 Å². The molecule has 29 heavy (non-hydrogen) atoms. The number of hydrogen-bond donors (Lipinski definition) is 1. The van der Waals surface area contributed by atoms with Crippen LogP contribution >= 0.6 is 46.6 Å². The van der Waals surface area contributed by atoms with Crippen LogP contribution < -0.4 is 10.1 Å². The minimum atomic E-state index is -0.159. The number of nitrogens with zero attached hydrogens (tertiary/aromatic N) is 3. The van der Waals surface area contributed by atoms with Crippen molar-refractivity contribution in [2.75, 3.05) is 11.1 Å². The Morgan fingerprint density at radius 2 is 1.93 bits per heavy atom. The van der Waals surface area contributed by atoms with Gasteiger partial charge in [-0.15, -0.1) is 10.2 Å². The summed E-state index contributed by atoms with van der Waals surface area (Å²) in [5.74, 6) is 1.18. The van der Waals surface area contributed by atoms with E-state index in [0.29, 0.717) is 44.0 Å². The van der Waals surface area contributed by atoms with E-state index in [0.717, 1.165) is 0 Å². The lowest BCUT2D eigenvalue weighted by Gasteiger charge is -2.10. The quantitative estimate of drug-likeness (QED) is 0.435. The Hall–Kier alpha value is -1.93. The summed E-state index contributed by atoms with van der Waals surface area (Å²) >= 11 is 19.2. The molecule has 1 heterocycles. The fourth-order valence-corrected chi connectivity index (χ4v) is 3.95. The van der Waals surface area contributed by atoms with Crippen LogP contribution in [-0.2, 0) is 17.9 Å². The first kappa shape index (κ1) is 21.8. The Kier molecular flexibility index (Phi) is 7.66. The maximum Gasteiger partial charge on any atom is 0.234 e. The van der Waals surface area contributed by atoms with Gasteiger partial charge in [-0.1, -0.05) is 52.6 Å². The smallest absolute Gasteiger partial charge is 0.234 e. The van der Waals surface area contributed by atoms with Gasteiger partial charge in [-0.05, 0) is 43.3 Å². The van der Waals surface area contributed by atoms with Crippen molar-refractivity contribution in [3.8, 4) is 5.75 Å². The van der Waals surface area contributed by atoms with Gasteiger partial charge >= 0.3 is 0 Å². The van der Waals surface area contributed by atoms with Crippen molar-refractivity contribution in [2.45, 2.75) is 25.2 Å².